The highest BCUT2D eigenvalue weighted by Gasteiger charge is 2.45. The summed E-state index contributed by atoms with van der Waals surface area (Å²) in [6, 6.07) is 1.90. The van der Waals surface area contributed by atoms with Crippen LogP contribution in [0.25, 0.3) is 0 Å². The average molecular weight is 429 g/mol. The normalized spacial score (nSPS) is 18.2. The van der Waals surface area contributed by atoms with Crippen LogP contribution in [0.3, 0.4) is 0 Å². The van der Waals surface area contributed by atoms with Crippen molar-refractivity contribution in [3.63, 3.8) is 0 Å². The zero-order valence-electron chi connectivity index (χ0n) is 16.7. The van der Waals surface area contributed by atoms with E-state index < -0.39 is 5.54 Å². The van der Waals surface area contributed by atoms with Gasteiger partial charge in [-0.3, -0.25) is 9.48 Å². The first kappa shape index (κ1) is 22.7. The molecule has 0 aromatic carbocycles. The molecule has 0 unspecified atom stereocenters. The first-order chi connectivity index (χ1) is 12.5. The van der Waals surface area contributed by atoms with Crippen molar-refractivity contribution in [1.82, 2.24) is 29.5 Å². The quantitative estimate of drug-likeness (QED) is 0.813. The minimum Gasteiger partial charge on any atom is -0.334 e. The second-order valence-corrected chi connectivity index (χ2v) is 7.79. The van der Waals surface area contributed by atoms with E-state index in [1.54, 1.807) is 6.20 Å². The summed E-state index contributed by atoms with van der Waals surface area (Å²) in [4.78, 5) is 20.5. The topological polar surface area (TPSA) is 68.0 Å². The fourth-order valence-electron chi connectivity index (χ4n) is 4.44. The van der Waals surface area contributed by atoms with Crippen LogP contribution in [0.15, 0.2) is 18.5 Å². The number of piperidine rings is 1. The fourth-order valence-corrected chi connectivity index (χ4v) is 4.44. The molecular weight excluding hydrogens is 399 g/mol. The summed E-state index contributed by atoms with van der Waals surface area (Å²) in [6.45, 7) is 7.36. The summed E-state index contributed by atoms with van der Waals surface area (Å²) in [6.07, 6.45) is 6.10. The number of halogens is 2. The largest absolute Gasteiger partial charge is 0.334 e. The molecule has 4 rings (SSSR count). The van der Waals surface area contributed by atoms with Crippen molar-refractivity contribution in [2.24, 2.45) is 7.05 Å². The highest BCUT2D eigenvalue weighted by Crippen LogP contribution is 2.32. The Morgan fingerprint density at radius 3 is 2.57 bits per heavy atom. The first-order valence-corrected chi connectivity index (χ1v) is 9.57. The highest BCUT2D eigenvalue weighted by molar-refractivity contribution is 5.86. The average Bonchev–Trinajstić information content (AvgIpc) is 3.30. The lowest BCUT2D eigenvalue weighted by atomic mass is 9.86. The molecule has 0 radical (unpaired) electrons. The van der Waals surface area contributed by atoms with E-state index in [1.165, 1.54) is 5.69 Å². The van der Waals surface area contributed by atoms with E-state index in [4.69, 9.17) is 4.98 Å². The maximum absolute atomic E-state index is 13.6. The summed E-state index contributed by atoms with van der Waals surface area (Å²) in [5.41, 5.74) is 1.76. The number of hydrogen-bond donors (Lipinski definition) is 1. The molecular formula is C19H30Cl2N6O. The Labute approximate surface area is 178 Å². The second kappa shape index (κ2) is 8.84. The predicted octanol–water partition coefficient (Wildman–Crippen LogP) is 2.25. The summed E-state index contributed by atoms with van der Waals surface area (Å²) >= 11 is 0. The molecule has 2 aromatic rings. The molecule has 0 saturated carbocycles. The fraction of sp³-hybridized carbons (Fsp3) is 0.632. The Morgan fingerprint density at radius 1 is 1.25 bits per heavy atom. The lowest BCUT2D eigenvalue weighted by molar-refractivity contribution is -0.144. The minimum atomic E-state index is -0.568. The maximum atomic E-state index is 13.6. The van der Waals surface area contributed by atoms with E-state index >= 15 is 0 Å². The van der Waals surface area contributed by atoms with Crippen LogP contribution in [0.1, 0.15) is 49.8 Å². The van der Waals surface area contributed by atoms with Crippen molar-refractivity contribution in [1.29, 1.82) is 0 Å². The predicted molar refractivity (Wildman–Crippen MR) is 113 cm³/mol. The number of imidazole rings is 1. The molecule has 0 aliphatic carbocycles. The maximum Gasteiger partial charge on any atom is 0.251 e. The van der Waals surface area contributed by atoms with E-state index in [9.17, 15) is 4.79 Å². The van der Waals surface area contributed by atoms with Gasteiger partial charge in [-0.15, -0.1) is 24.8 Å². The number of hydrogen-bond acceptors (Lipinski definition) is 4. The summed E-state index contributed by atoms with van der Waals surface area (Å²) < 4.78 is 4.10. The minimum absolute atomic E-state index is 0. The van der Waals surface area contributed by atoms with E-state index in [0.717, 1.165) is 50.4 Å². The Balaban J connectivity index is 0.00000140. The lowest BCUT2D eigenvalue weighted by Gasteiger charge is -2.41. The number of fused-ring (bicyclic) bond motifs is 1. The molecule has 156 valence electrons. The Kier molecular flexibility index (Phi) is 7.17. The van der Waals surface area contributed by atoms with Gasteiger partial charge in [-0.1, -0.05) is 13.8 Å². The standard InChI is InChI=1S/C19H28N6O.2ClH/c1-14(2)17-22-15-13-24(12-5-16(15)23(17)3)18(26)19(6-9-20-10-7-19)25-11-4-8-21-25;;/h4,8,11,14,20H,5-7,9-10,12-13H2,1-3H3;2*1H. The number of nitrogens with one attached hydrogen (secondary N) is 1. The van der Waals surface area contributed by atoms with E-state index in [0.29, 0.717) is 12.5 Å². The number of rotatable bonds is 3. The van der Waals surface area contributed by atoms with Gasteiger partial charge in [0.2, 0.25) is 0 Å². The van der Waals surface area contributed by atoms with Gasteiger partial charge in [-0.05, 0) is 32.0 Å². The van der Waals surface area contributed by atoms with Crippen LogP contribution in [0, 0.1) is 0 Å². The molecule has 0 spiro atoms. The number of nitrogens with zero attached hydrogens (tertiary/aromatic N) is 5. The van der Waals surface area contributed by atoms with Gasteiger partial charge in [0, 0.05) is 44.0 Å². The van der Waals surface area contributed by atoms with Gasteiger partial charge in [0.05, 0.1) is 12.2 Å². The third-order valence-corrected chi connectivity index (χ3v) is 5.87. The molecule has 1 saturated heterocycles. The molecule has 2 aliphatic heterocycles. The van der Waals surface area contributed by atoms with E-state index in [2.05, 4.69) is 35.9 Å². The van der Waals surface area contributed by atoms with Crippen molar-refractivity contribution >= 4 is 30.7 Å². The van der Waals surface area contributed by atoms with Crippen molar-refractivity contribution in [2.45, 2.75) is 51.1 Å². The molecule has 0 atom stereocenters. The molecule has 0 bridgehead atoms. The van der Waals surface area contributed by atoms with Gasteiger partial charge >= 0.3 is 0 Å². The van der Waals surface area contributed by atoms with Gasteiger partial charge in [0.1, 0.15) is 11.4 Å². The summed E-state index contributed by atoms with van der Waals surface area (Å²) in [7, 11) is 2.09. The molecule has 9 heteroatoms. The highest BCUT2D eigenvalue weighted by atomic mass is 35.5. The van der Waals surface area contributed by atoms with Crippen molar-refractivity contribution in [2.75, 3.05) is 19.6 Å². The SMILES string of the molecule is CC(C)c1nc2c(n1C)CCN(C(=O)C1(n3cccn3)CCNCC1)C2.Cl.Cl. The van der Waals surface area contributed by atoms with Crippen LogP contribution >= 0.6 is 24.8 Å². The summed E-state index contributed by atoms with van der Waals surface area (Å²) in [5, 5.41) is 7.81. The molecule has 7 nitrogen and oxygen atoms in total. The van der Waals surface area contributed by atoms with Crippen molar-refractivity contribution in [3.8, 4) is 0 Å². The van der Waals surface area contributed by atoms with Crippen molar-refractivity contribution < 1.29 is 4.79 Å². The molecule has 28 heavy (non-hydrogen) atoms. The lowest BCUT2D eigenvalue weighted by Crippen LogP contribution is -2.56. The van der Waals surface area contributed by atoms with Crippen LogP contribution in [-0.4, -0.2) is 49.8 Å². The Bertz CT molecular complexity index is 796. The molecule has 4 heterocycles. The van der Waals surface area contributed by atoms with Gasteiger partial charge in [-0.2, -0.15) is 5.10 Å². The monoisotopic (exact) mass is 428 g/mol. The molecule has 2 aliphatic rings. The van der Waals surface area contributed by atoms with Crippen molar-refractivity contribution in [3.05, 3.63) is 35.7 Å². The van der Waals surface area contributed by atoms with Crippen LogP contribution in [0.4, 0.5) is 0 Å². The zero-order valence-corrected chi connectivity index (χ0v) is 18.4. The van der Waals surface area contributed by atoms with Gasteiger partial charge in [0.25, 0.3) is 5.91 Å². The number of carbonyl (C=O) groups is 1. The smallest absolute Gasteiger partial charge is 0.251 e. The second-order valence-electron chi connectivity index (χ2n) is 7.79. The van der Waals surface area contributed by atoms with Crippen LogP contribution in [0.5, 0.6) is 0 Å². The molecule has 1 amide bonds. The van der Waals surface area contributed by atoms with E-state index in [1.807, 2.05) is 21.8 Å². The van der Waals surface area contributed by atoms with E-state index in [-0.39, 0.29) is 30.7 Å². The molecule has 1 fully saturated rings. The number of carbonyl (C=O) groups excluding carboxylic acids is 1. The van der Waals surface area contributed by atoms with Gasteiger partial charge in [0.15, 0.2) is 0 Å². The first-order valence-electron chi connectivity index (χ1n) is 9.57. The van der Waals surface area contributed by atoms with Crippen LogP contribution in [-0.2, 0) is 30.3 Å². The van der Waals surface area contributed by atoms with Gasteiger partial charge in [-0.25, -0.2) is 4.98 Å². The number of aromatic nitrogens is 4. The Morgan fingerprint density at radius 2 is 1.96 bits per heavy atom. The molecule has 1 N–H and O–H groups in total. The summed E-state index contributed by atoms with van der Waals surface area (Å²) in [5.74, 6) is 1.67. The molecule has 2 aromatic heterocycles. The van der Waals surface area contributed by atoms with Gasteiger partial charge < -0.3 is 14.8 Å². The number of amides is 1. The third kappa shape index (κ3) is 3.67. The van der Waals surface area contributed by atoms with Crippen LogP contribution < -0.4 is 5.32 Å². The zero-order chi connectivity index (χ0) is 18.3. The third-order valence-electron chi connectivity index (χ3n) is 5.87. The van der Waals surface area contributed by atoms with Crippen LogP contribution in [0.2, 0.25) is 0 Å². The Hall–Kier alpha value is -1.57.